The molecule has 0 aliphatic carbocycles. The number of aromatic amines is 1. The summed E-state index contributed by atoms with van der Waals surface area (Å²) in [6.45, 7) is 3.72. The maximum atomic E-state index is 12.6. The van der Waals surface area contributed by atoms with Crippen molar-refractivity contribution >= 4 is 49.1 Å². The Morgan fingerprint density at radius 2 is 2.08 bits per heavy atom. The lowest BCUT2D eigenvalue weighted by molar-refractivity contribution is 0.103. The van der Waals surface area contributed by atoms with Crippen LogP contribution in [0.25, 0.3) is 10.2 Å². The number of nitrogens with zero attached hydrogens (tertiary/aromatic N) is 1. The number of halogens is 1. The Balaban J connectivity index is 2.02. The summed E-state index contributed by atoms with van der Waals surface area (Å²) >= 11 is 4.59. The molecule has 0 saturated heterocycles. The van der Waals surface area contributed by atoms with Gasteiger partial charge in [0.1, 0.15) is 10.7 Å². The number of hydrogen-bond acceptors (Lipinski definition) is 4. The minimum Gasteiger partial charge on any atom is -0.321 e. The summed E-state index contributed by atoms with van der Waals surface area (Å²) < 4.78 is 0. The van der Waals surface area contributed by atoms with Gasteiger partial charge in [-0.3, -0.25) is 9.59 Å². The van der Waals surface area contributed by atoms with Gasteiger partial charge in [-0.2, -0.15) is 0 Å². The van der Waals surface area contributed by atoms with Crippen LogP contribution >= 0.6 is 27.3 Å². The van der Waals surface area contributed by atoms with Crippen LogP contribution in [0, 0.1) is 13.8 Å². The van der Waals surface area contributed by atoms with Crippen LogP contribution in [0.2, 0.25) is 0 Å². The molecule has 0 aliphatic rings. The number of fused-ring (bicyclic) bond motifs is 1. The second-order valence-electron chi connectivity index (χ2n) is 5.46. The summed E-state index contributed by atoms with van der Waals surface area (Å²) in [5.74, 6) is 0.405. The lowest BCUT2D eigenvalue weighted by Gasteiger charge is -2.07. The van der Waals surface area contributed by atoms with Crippen LogP contribution in [0.5, 0.6) is 0 Å². The van der Waals surface area contributed by atoms with Crippen molar-refractivity contribution in [3.8, 4) is 0 Å². The standard InChI is InChI=1S/C17H16BrN3O2S/c1-9-5-3-4-6-11(9)19-16(23)14-10(2)13-15(22)20-12(7-8-18)21-17(13)24-14/h3-6H,7-8H2,1-2H3,(H,19,23)(H,20,21,22). The SMILES string of the molecule is Cc1ccccc1NC(=O)c1sc2nc(CCBr)[nH]c(=O)c2c1C. The van der Waals surface area contributed by atoms with E-state index in [9.17, 15) is 9.59 Å². The van der Waals surface area contributed by atoms with Crippen LogP contribution in [0.4, 0.5) is 5.69 Å². The number of aromatic nitrogens is 2. The number of thiophene rings is 1. The molecule has 0 aliphatic heterocycles. The Bertz CT molecular complexity index is 978. The Labute approximate surface area is 151 Å². The van der Waals surface area contributed by atoms with Gasteiger partial charge in [-0.25, -0.2) is 4.98 Å². The van der Waals surface area contributed by atoms with Crippen LogP contribution < -0.4 is 10.9 Å². The summed E-state index contributed by atoms with van der Waals surface area (Å²) in [5.41, 5.74) is 2.22. The van der Waals surface area contributed by atoms with Gasteiger partial charge in [0, 0.05) is 17.4 Å². The average molecular weight is 406 g/mol. The van der Waals surface area contributed by atoms with Crippen molar-refractivity contribution < 1.29 is 4.79 Å². The van der Waals surface area contributed by atoms with Gasteiger partial charge in [-0.05, 0) is 31.0 Å². The predicted octanol–water partition coefficient (Wildman–Crippen LogP) is 3.79. The minimum absolute atomic E-state index is 0.195. The first-order valence-electron chi connectivity index (χ1n) is 7.46. The number of amides is 1. The van der Waals surface area contributed by atoms with E-state index in [4.69, 9.17) is 0 Å². The maximum Gasteiger partial charge on any atom is 0.266 e. The summed E-state index contributed by atoms with van der Waals surface area (Å²) in [6.07, 6.45) is 0.632. The smallest absolute Gasteiger partial charge is 0.266 e. The highest BCUT2D eigenvalue weighted by atomic mass is 79.9. The molecule has 2 N–H and O–H groups in total. The number of carbonyl (C=O) groups excluding carboxylic acids is 1. The van der Waals surface area contributed by atoms with Crippen molar-refractivity contribution in [2.24, 2.45) is 0 Å². The Kier molecular flexibility index (Phi) is 4.82. The lowest BCUT2D eigenvalue weighted by Crippen LogP contribution is -2.14. The van der Waals surface area contributed by atoms with Crippen molar-refractivity contribution in [3.63, 3.8) is 0 Å². The van der Waals surface area contributed by atoms with Crippen molar-refractivity contribution in [1.29, 1.82) is 0 Å². The first-order valence-corrected chi connectivity index (χ1v) is 9.40. The summed E-state index contributed by atoms with van der Waals surface area (Å²) in [7, 11) is 0. The Morgan fingerprint density at radius 3 is 2.79 bits per heavy atom. The number of nitrogens with one attached hydrogen (secondary N) is 2. The molecule has 0 saturated carbocycles. The van der Waals surface area contributed by atoms with Crippen molar-refractivity contribution in [1.82, 2.24) is 9.97 Å². The summed E-state index contributed by atoms with van der Waals surface area (Å²) in [4.78, 5) is 33.3. The molecule has 3 rings (SSSR count). The molecule has 3 aromatic rings. The summed E-state index contributed by atoms with van der Waals surface area (Å²) in [5, 5.41) is 4.12. The van der Waals surface area contributed by atoms with E-state index in [1.807, 2.05) is 31.2 Å². The molecule has 24 heavy (non-hydrogen) atoms. The number of benzene rings is 1. The molecular weight excluding hydrogens is 390 g/mol. The molecule has 7 heteroatoms. The van der Waals surface area contributed by atoms with E-state index in [-0.39, 0.29) is 11.5 Å². The van der Waals surface area contributed by atoms with E-state index >= 15 is 0 Å². The topological polar surface area (TPSA) is 74.8 Å². The zero-order valence-corrected chi connectivity index (χ0v) is 15.7. The molecular formula is C17H16BrN3O2S. The second kappa shape index (κ2) is 6.86. The second-order valence-corrected chi connectivity index (χ2v) is 7.25. The van der Waals surface area contributed by atoms with Gasteiger partial charge < -0.3 is 10.3 Å². The number of aryl methyl sites for hydroxylation is 3. The number of rotatable bonds is 4. The number of para-hydroxylation sites is 1. The molecule has 0 radical (unpaired) electrons. The highest BCUT2D eigenvalue weighted by Gasteiger charge is 2.19. The number of alkyl halides is 1. The van der Waals surface area contributed by atoms with Crippen LogP contribution in [0.3, 0.4) is 0 Å². The first-order chi connectivity index (χ1) is 11.5. The van der Waals surface area contributed by atoms with Gasteiger partial charge in [0.05, 0.1) is 10.3 Å². The quantitative estimate of drug-likeness (QED) is 0.648. The third-order valence-corrected chi connectivity index (χ3v) is 5.36. The molecule has 0 bridgehead atoms. The number of H-pyrrole nitrogens is 1. The zero-order chi connectivity index (χ0) is 17.3. The van der Waals surface area contributed by atoms with Gasteiger partial charge in [0.2, 0.25) is 0 Å². The fraction of sp³-hybridized carbons (Fsp3) is 0.235. The largest absolute Gasteiger partial charge is 0.321 e. The van der Waals surface area contributed by atoms with E-state index < -0.39 is 0 Å². The van der Waals surface area contributed by atoms with E-state index in [0.717, 1.165) is 11.3 Å². The highest BCUT2D eigenvalue weighted by molar-refractivity contribution is 9.09. The zero-order valence-electron chi connectivity index (χ0n) is 13.3. The van der Waals surface area contributed by atoms with E-state index in [1.54, 1.807) is 6.92 Å². The van der Waals surface area contributed by atoms with E-state index in [0.29, 0.717) is 38.2 Å². The van der Waals surface area contributed by atoms with Crippen LogP contribution in [-0.2, 0) is 6.42 Å². The third kappa shape index (κ3) is 3.14. The molecule has 1 aromatic carbocycles. The molecule has 0 fully saturated rings. The number of anilines is 1. The predicted molar refractivity (Wildman–Crippen MR) is 102 cm³/mol. The van der Waals surface area contributed by atoms with Gasteiger partial charge >= 0.3 is 0 Å². The van der Waals surface area contributed by atoms with Crippen molar-refractivity contribution in [3.05, 3.63) is 56.4 Å². The fourth-order valence-electron chi connectivity index (χ4n) is 2.51. The van der Waals surface area contributed by atoms with Crippen LogP contribution in [0.1, 0.15) is 26.6 Å². The van der Waals surface area contributed by atoms with E-state index in [2.05, 4.69) is 31.2 Å². The number of hydrogen-bond donors (Lipinski definition) is 2. The third-order valence-electron chi connectivity index (χ3n) is 3.78. The maximum absolute atomic E-state index is 12.6. The normalized spacial score (nSPS) is 11.0. The van der Waals surface area contributed by atoms with Gasteiger partial charge in [0.25, 0.3) is 11.5 Å². The van der Waals surface area contributed by atoms with Crippen molar-refractivity contribution in [2.45, 2.75) is 20.3 Å². The number of carbonyl (C=O) groups is 1. The van der Waals surface area contributed by atoms with Gasteiger partial charge in [-0.15, -0.1) is 11.3 Å². The fourth-order valence-corrected chi connectivity index (χ4v) is 3.98. The Hall–Kier alpha value is -1.99. The monoisotopic (exact) mass is 405 g/mol. The minimum atomic E-state index is -0.216. The molecule has 0 unspecified atom stereocenters. The van der Waals surface area contributed by atoms with Crippen LogP contribution in [-0.4, -0.2) is 21.2 Å². The van der Waals surface area contributed by atoms with E-state index in [1.165, 1.54) is 11.3 Å². The van der Waals surface area contributed by atoms with Crippen molar-refractivity contribution in [2.75, 3.05) is 10.6 Å². The molecule has 1 amide bonds. The molecule has 5 nitrogen and oxygen atoms in total. The van der Waals surface area contributed by atoms with Gasteiger partial charge in [0.15, 0.2) is 0 Å². The van der Waals surface area contributed by atoms with Crippen LogP contribution in [0.15, 0.2) is 29.1 Å². The first kappa shape index (κ1) is 16.9. The molecule has 0 spiro atoms. The lowest BCUT2D eigenvalue weighted by atomic mass is 10.2. The Morgan fingerprint density at radius 1 is 1.33 bits per heavy atom. The average Bonchev–Trinajstić information content (AvgIpc) is 2.87. The molecule has 2 heterocycles. The molecule has 2 aromatic heterocycles. The molecule has 124 valence electrons. The van der Waals surface area contributed by atoms with Gasteiger partial charge in [-0.1, -0.05) is 34.1 Å². The highest BCUT2D eigenvalue weighted by Crippen LogP contribution is 2.28. The molecule has 0 atom stereocenters. The summed E-state index contributed by atoms with van der Waals surface area (Å²) in [6, 6.07) is 7.59.